The molecule has 8 heteroatoms. The van der Waals surface area contributed by atoms with E-state index >= 15 is 0 Å². The molecule has 2 aromatic rings. The number of hydrogen-bond acceptors (Lipinski definition) is 4. The van der Waals surface area contributed by atoms with Crippen LogP contribution in [0.2, 0.25) is 20.1 Å². The van der Waals surface area contributed by atoms with Crippen molar-refractivity contribution in [2.75, 3.05) is 63.9 Å². The Morgan fingerprint density at radius 3 is 2.26 bits per heavy atom. The summed E-state index contributed by atoms with van der Waals surface area (Å²) in [5.41, 5.74) is 2.25. The molecule has 1 unspecified atom stereocenters. The number of hydrogen-bond donors (Lipinski definition) is 0. The lowest BCUT2D eigenvalue weighted by Gasteiger charge is -2.39. The van der Waals surface area contributed by atoms with E-state index in [1.807, 2.05) is 30.3 Å². The summed E-state index contributed by atoms with van der Waals surface area (Å²) in [7, 11) is 0. The standard InChI is InChI=1S/C23H27Cl4N3O/c24-18-5-4-17(16-20(18)26)21(30-12-14-31-15-13-30)6-7-28-8-10-29(11-9-28)22-3-1-2-19(25)23(22)27/h1-5,16,21H,6-15H2. The molecule has 1 atom stereocenters. The quantitative estimate of drug-likeness (QED) is 0.490. The van der Waals surface area contributed by atoms with Crippen LogP contribution in [0.1, 0.15) is 18.0 Å². The van der Waals surface area contributed by atoms with E-state index < -0.39 is 0 Å². The van der Waals surface area contributed by atoms with E-state index in [2.05, 4.69) is 20.8 Å². The van der Waals surface area contributed by atoms with Gasteiger partial charge in [0.25, 0.3) is 0 Å². The van der Waals surface area contributed by atoms with Gasteiger partial charge < -0.3 is 9.64 Å². The number of anilines is 1. The highest BCUT2D eigenvalue weighted by Gasteiger charge is 2.25. The maximum absolute atomic E-state index is 6.42. The van der Waals surface area contributed by atoms with E-state index in [4.69, 9.17) is 51.1 Å². The van der Waals surface area contributed by atoms with Gasteiger partial charge in [0.1, 0.15) is 0 Å². The molecular weight excluding hydrogens is 476 g/mol. The van der Waals surface area contributed by atoms with Crippen LogP contribution in [0.15, 0.2) is 36.4 Å². The minimum absolute atomic E-state index is 0.305. The minimum atomic E-state index is 0.305. The molecule has 31 heavy (non-hydrogen) atoms. The fourth-order valence-corrected chi connectivity index (χ4v) is 5.14. The van der Waals surface area contributed by atoms with Gasteiger partial charge in [-0.05, 0) is 36.2 Å². The third-order valence-electron chi connectivity index (χ3n) is 6.18. The Morgan fingerprint density at radius 2 is 1.55 bits per heavy atom. The molecule has 0 N–H and O–H groups in total. The third kappa shape index (κ3) is 5.80. The lowest BCUT2D eigenvalue weighted by atomic mass is 10.0. The summed E-state index contributed by atoms with van der Waals surface area (Å²) >= 11 is 25.1. The second-order valence-electron chi connectivity index (χ2n) is 8.03. The molecule has 0 radical (unpaired) electrons. The molecule has 4 nitrogen and oxygen atoms in total. The summed E-state index contributed by atoms with van der Waals surface area (Å²) in [5.74, 6) is 0. The Morgan fingerprint density at radius 1 is 0.806 bits per heavy atom. The van der Waals surface area contributed by atoms with Crippen LogP contribution in [0.4, 0.5) is 5.69 Å². The maximum Gasteiger partial charge on any atom is 0.0825 e. The van der Waals surface area contributed by atoms with E-state index in [1.54, 1.807) is 0 Å². The molecule has 0 spiro atoms. The van der Waals surface area contributed by atoms with E-state index in [0.717, 1.165) is 71.1 Å². The SMILES string of the molecule is Clc1ccc(C(CCN2CCN(c3cccc(Cl)c3Cl)CC2)N2CCOCC2)cc1Cl. The van der Waals surface area contributed by atoms with Crippen molar-refractivity contribution in [2.24, 2.45) is 0 Å². The van der Waals surface area contributed by atoms with Crippen molar-refractivity contribution in [3.8, 4) is 0 Å². The van der Waals surface area contributed by atoms with Gasteiger partial charge in [-0.1, -0.05) is 58.5 Å². The fourth-order valence-electron chi connectivity index (χ4n) is 4.42. The van der Waals surface area contributed by atoms with Gasteiger partial charge in [0.15, 0.2) is 0 Å². The Hall–Kier alpha value is -0.720. The summed E-state index contributed by atoms with van der Waals surface area (Å²) in [5, 5.41) is 2.47. The van der Waals surface area contributed by atoms with Crippen molar-refractivity contribution >= 4 is 52.1 Å². The molecule has 0 aliphatic carbocycles. The molecule has 0 aromatic heterocycles. The van der Waals surface area contributed by atoms with Crippen molar-refractivity contribution < 1.29 is 4.74 Å². The zero-order valence-electron chi connectivity index (χ0n) is 17.4. The fraction of sp³-hybridized carbons (Fsp3) is 0.478. The summed E-state index contributed by atoms with van der Waals surface area (Å²) in [6.07, 6.45) is 1.04. The molecule has 0 amide bonds. The normalized spacial score (nSPS) is 19.5. The lowest BCUT2D eigenvalue weighted by Crippen LogP contribution is -2.47. The molecule has 4 rings (SSSR count). The highest BCUT2D eigenvalue weighted by molar-refractivity contribution is 6.43. The zero-order chi connectivity index (χ0) is 21.8. The monoisotopic (exact) mass is 501 g/mol. The predicted molar refractivity (Wildman–Crippen MR) is 131 cm³/mol. The topological polar surface area (TPSA) is 19.0 Å². The van der Waals surface area contributed by atoms with Gasteiger partial charge in [-0.15, -0.1) is 0 Å². The first-order valence-electron chi connectivity index (χ1n) is 10.7. The van der Waals surface area contributed by atoms with Crippen molar-refractivity contribution in [1.29, 1.82) is 0 Å². The second-order valence-corrected chi connectivity index (χ2v) is 9.63. The maximum atomic E-state index is 6.42. The van der Waals surface area contributed by atoms with Gasteiger partial charge >= 0.3 is 0 Å². The highest BCUT2D eigenvalue weighted by atomic mass is 35.5. The number of ether oxygens (including phenoxy) is 1. The first-order chi connectivity index (χ1) is 15.0. The molecule has 168 valence electrons. The Labute approximate surface area is 204 Å². The van der Waals surface area contributed by atoms with E-state index in [-0.39, 0.29) is 0 Å². The third-order valence-corrected chi connectivity index (χ3v) is 7.73. The molecule has 0 saturated carbocycles. The Balaban J connectivity index is 1.38. The minimum Gasteiger partial charge on any atom is -0.379 e. The lowest BCUT2D eigenvalue weighted by molar-refractivity contribution is 0.0120. The zero-order valence-corrected chi connectivity index (χ0v) is 20.4. The largest absolute Gasteiger partial charge is 0.379 e. The van der Waals surface area contributed by atoms with Gasteiger partial charge in [-0.3, -0.25) is 9.80 Å². The molecule has 2 aliphatic heterocycles. The van der Waals surface area contributed by atoms with Crippen LogP contribution in [-0.4, -0.2) is 68.8 Å². The van der Waals surface area contributed by atoms with Gasteiger partial charge in [0.05, 0.1) is 39.0 Å². The van der Waals surface area contributed by atoms with Crippen LogP contribution in [0.25, 0.3) is 0 Å². The van der Waals surface area contributed by atoms with Gasteiger partial charge in [0, 0.05) is 51.9 Å². The Bertz CT molecular complexity index is 883. The van der Waals surface area contributed by atoms with E-state index in [1.165, 1.54) is 5.56 Å². The average molecular weight is 503 g/mol. The number of piperazine rings is 1. The van der Waals surface area contributed by atoms with Gasteiger partial charge in [-0.25, -0.2) is 0 Å². The van der Waals surface area contributed by atoms with Gasteiger partial charge in [0.2, 0.25) is 0 Å². The van der Waals surface area contributed by atoms with E-state index in [0.29, 0.717) is 26.1 Å². The average Bonchev–Trinajstić information content (AvgIpc) is 2.79. The van der Waals surface area contributed by atoms with Crippen molar-refractivity contribution in [2.45, 2.75) is 12.5 Å². The molecule has 2 aromatic carbocycles. The predicted octanol–water partition coefficient (Wildman–Crippen LogP) is 5.89. The van der Waals surface area contributed by atoms with Crippen LogP contribution in [0, 0.1) is 0 Å². The van der Waals surface area contributed by atoms with E-state index in [9.17, 15) is 0 Å². The highest BCUT2D eigenvalue weighted by Crippen LogP contribution is 2.34. The van der Waals surface area contributed by atoms with Crippen LogP contribution in [0.5, 0.6) is 0 Å². The number of halogens is 4. The van der Waals surface area contributed by atoms with Crippen molar-refractivity contribution in [1.82, 2.24) is 9.80 Å². The van der Waals surface area contributed by atoms with Crippen molar-refractivity contribution in [3.63, 3.8) is 0 Å². The number of rotatable bonds is 6. The van der Waals surface area contributed by atoms with Crippen molar-refractivity contribution in [3.05, 3.63) is 62.1 Å². The number of benzene rings is 2. The molecule has 2 saturated heterocycles. The second kappa shape index (κ2) is 10.9. The van der Waals surface area contributed by atoms with Crippen LogP contribution in [0.3, 0.4) is 0 Å². The van der Waals surface area contributed by atoms with Gasteiger partial charge in [-0.2, -0.15) is 0 Å². The Kier molecular flexibility index (Phi) is 8.27. The van der Waals surface area contributed by atoms with Crippen LogP contribution >= 0.6 is 46.4 Å². The summed E-state index contributed by atoms with van der Waals surface area (Å²) in [6, 6.07) is 12.2. The number of nitrogens with zero attached hydrogens (tertiary/aromatic N) is 3. The molecule has 2 heterocycles. The summed E-state index contributed by atoms with van der Waals surface area (Å²) in [4.78, 5) is 7.36. The summed E-state index contributed by atoms with van der Waals surface area (Å²) < 4.78 is 5.57. The smallest absolute Gasteiger partial charge is 0.0825 e. The molecular formula is C23H27Cl4N3O. The molecule has 0 bridgehead atoms. The molecule has 2 fully saturated rings. The van der Waals surface area contributed by atoms with Crippen LogP contribution in [-0.2, 0) is 4.74 Å². The summed E-state index contributed by atoms with van der Waals surface area (Å²) in [6.45, 7) is 8.33. The van der Waals surface area contributed by atoms with Crippen LogP contribution < -0.4 is 4.90 Å². The number of morpholine rings is 1. The molecule has 2 aliphatic rings. The first-order valence-corrected chi connectivity index (χ1v) is 12.2. The first kappa shape index (κ1) is 23.4.